The molecule has 3 heterocycles. The molecule has 1 aliphatic carbocycles. The van der Waals surface area contributed by atoms with E-state index < -0.39 is 0 Å². The molecule has 0 radical (unpaired) electrons. The predicted molar refractivity (Wildman–Crippen MR) is 98.0 cm³/mol. The van der Waals surface area contributed by atoms with Gasteiger partial charge in [0, 0.05) is 38.6 Å². The fraction of sp³-hybridized carbons (Fsp3) is 0.778. The van der Waals surface area contributed by atoms with Crippen molar-refractivity contribution < 1.29 is 4.74 Å². The second-order valence-corrected chi connectivity index (χ2v) is 8.72. The normalized spacial score (nSPS) is 23.8. The summed E-state index contributed by atoms with van der Waals surface area (Å²) in [6.45, 7) is 8.87. The Balaban J connectivity index is 1.59. The molecule has 2 aliphatic rings. The first-order chi connectivity index (χ1) is 12.4. The third-order valence-corrected chi connectivity index (χ3v) is 5.56. The van der Waals surface area contributed by atoms with Crippen LogP contribution in [0.4, 0.5) is 5.95 Å². The second kappa shape index (κ2) is 6.33. The van der Waals surface area contributed by atoms with E-state index in [2.05, 4.69) is 62.7 Å². The number of anilines is 1. The van der Waals surface area contributed by atoms with E-state index in [4.69, 9.17) is 4.74 Å². The van der Waals surface area contributed by atoms with Crippen LogP contribution in [-0.2, 0) is 23.8 Å². The van der Waals surface area contributed by atoms with Crippen LogP contribution in [0.1, 0.15) is 57.0 Å². The minimum absolute atomic E-state index is 0.0200. The molecule has 2 aromatic rings. The molecule has 0 unspecified atom stereocenters. The highest BCUT2D eigenvalue weighted by Crippen LogP contribution is 2.47. The molecule has 2 atom stereocenters. The second-order valence-electron chi connectivity index (χ2n) is 8.72. The molecule has 0 amide bonds. The first-order valence-corrected chi connectivity index (χ1v) is 9.43. The maximum absolute atomic E-state index is 5.17. The molecule has 26 heavy (non-hydrogen) atoms. The fourth-order valence-electron chi connectivity index (χ4n) is 4.19. The van der Waals surface area contributed by atoms with Gasteiger partial charge in [-0.2, -0.15) is 5.10 Å². The van der Waals surface area contributed by atoms with E-state index in [1.165, 1.54) is 12.8 Å². The number of nitrogens with zero attached hydrogens (tertiary/aromatic N) is 6. The molecule has 1 aliphatic heterocycles. The van der Waals surface area contributed by atoms with Crippen LogP contribution >= 0.6 is 0 Å². The van der Waals surface area contributed by atoms with Crippen molar-refractivity contribution in [1.82, 2.24) is 29.9 Å². The lowest BCUT2D eigenvalue weighted by Crippen LogP contribution is -2.25. The van der Waals surface area contributed by atoms with Gasteiger partial charge in [-0.3, -0.25) is 9.67 Å². The highest BCUT2D eigenvalue weighted by molar-refractivity contribution is 5.36. The van der Waals surface area contributed by atoms with Crippen LogP contribution in [0.2, 0.25) is 0 Å². The number of hydrogen-bond acceptors (Lipinski definition) is 6. The summed E-state index contributed by atoms with van der Waals surface area (Å²) >= 11 is 0. The van der Waals surface area contributed by atoms with Gasteiger partial charge in [0.15, 0.2) is 11.6 Å². The average molecular weight is 359 g/mol. The lowest BCUT2D eigenvalue weighted by Gasteiger charge is -2.20. The lowest BCUT2D eigenvalue weighted by atomic mass is 9.91. The zero-order valence-electron chi connectivity index (χ0n) is 16.4. The average Bonchev–Trinajstić information content (AvgIpc) is 2.98. The standard InChI is InChI=1S/C18H29N7O/c1-18(2,3)16-22-23-17(24(16)4)25-8-12(11-6-7-11)13(9-25)15-19-14(10-26-5)20-21-15/h11-13H,6-10H2,1-5H3,(H,19,20,21)/t12-,13+/m1/s1. The Morgan fingerprint density at radius 1 is 1.19 bits per heavy atom. The largest absolute Gasteiger partial charge is 0.377 e. The quantitative estimate of drug-likeness (QED) is 0.879. The molecule has 0 spiro atoms. The van der Waals surface area contributed by atoms with E-state index in [0.29, 0.717) is 18.4 Å². The summed E-state index contributed by atoms with van der Waals surface area (Å²) in [5.74, 6) is 5.37. The van der Waals surface area contributed by atoms with Crippen LogP contribution in [0, 0.1) is 11.8 Å². The van der Waals surface area contributed by atoms with Gasteiger partial charge < -0.3 is 9.64 Å². The topological polar surface area (TPSA) is 84.8 Å². The number of aromatic nitrogens is 6. The molecule has 2 aromatic heterocycles. The van der Waals surface area contributed by atoms with Crippen LogP contribution < -0.4 is 4.90 Å². The molecule has 1 saturated heterocycles. The van der Waals surface area contributed by atoms with Gasteiger partial charge in [-0.25, -0.2) is 4.98 Å². The molecule has 0 aromatic carbocycles. The number of aromatic amines is 1. The summed E-state index contributed by atoms with van der Waals surface area (Å²) in [6.07, 6.45) is 2.63. The van der Waals surface area contributed by atoms with E-state index in [9.17, 15) is 0 Å². The van der Waals surface area contributed by atoms with Crippen molar-refractivity contribution in [2.45, 2.75) is 51.6 Å². The maximum Gasteiger partial charge on any atom is 0.227 e. The summed E-state index contributed by atoms with van der Waals surface area (Å²) in [4.78, 5) is 7.04. The molecule has 1 N–H and O–H groups in total. The van der Waals surface area contributed by atoms with Crippen molar-refractivity contribution in [3.05, 3.63) is 17.5 Å². The van der Waals surface area contributed by atoms with Crippen molar-refractivity contribution >= 4 is 5.95 Å². The number of rotatable bonds is 5. The first kappa shape index (κ1) is 17.5. The number of hydrogen-bond donors (Lipinski definition) is 1. The zero-order valence-corrected chi connectivity index (χ0v) is 16.4. The monoisotopic (exact) mass is 359 g/mol. The number of H-pyrrole nitrogens is 1. The molecule has 2 fully saturated rings. The van der Waals surface area contributed by atoms with Crippen LogP contribution in [-0.4, -0.2) is 50.1 Å². The minimum atomic E-state index is -0.0200. The summed E-state index contributed by atoms with van der Waals surface area (Å²) < 4.78 is 7.31. The maximum atomic E-state index is 5.17. The third kappa shape index (κ3) is 3.11. The van der Waals surface area contributed by atoms with Gasteiger partial charge in [0.05, 0.1) is 0 Å². The Bertz CT molecular complexity index is 771. The van der Waals surface area contributed by atoms with Crippen LogP contribution in [0.5, 0.6) is 0 Å². The first-order valence-electron chi connectivity index (χ1n) is 9.43. The van der Waals surface area contributed by atoms with Gasteiger partial charge >= 0.3 is 0 Å². The lowest BCUT2D eigenvalue weighted by molar-refractivity contribution is 0.178. The molecule has 8 heteroatoms. The van der Waals surface area contributed by atoms with Crippen molar-refractivity contribution in [2.75, 3.05) is 25.1 Å². The molecule has 8 nitrogen and oxygen atoms in total. The molecular formula is C18H29N7O. The molecule has 0 bridgehead atoms. The van der Waals surface area contributed by atoms with Gasteiger partial charge in [-0.15, -0.1) is 10.2 Å². The molecule has 142 valence electrons. The summed E-state index contributed by atoms with van der Waals surface area (Å²) in [5, 5.41) is 16.5. The minimum Gasteiger partial charge on any atom is -0.377 e. The summed E-state index contributed by atoms with van der Waals surface area (Å²) in [7, 11) is 3.74. The number of methoxy groups -OCH3 is 1. The third-order valence-electron chi connectivity index (χ3n) is 5.56. The van der Waals surface area contributed by atoms with Crippen molar-refractivity contribution in [1.29, 1.82) is 0 Å². The number of nitrogens with one attached hydrogen (secondary N) is 1. The van der Waals surface area contributed by atoms with Gasteiger partial charge in [-0.05, 0) is 24.7 Å². The van der Waals surface area contributed by atoms with Crippen molar-refractivity contribution in [3.63, 3.8) is 0 Å². The predicted octanol–water partition coefficient (Wildman–Crippen LogP) is 2.01. The highest BCUT2D eigenvalue weighted by Gasteiger charge is 2.45. The van der Waals surface area contributed by atoms with E-state index in [-0.39, 0.29) is 5.41 Å². The smallest absolute Gasteiger partial charge is 0.227 e. The van der Waals surface area contributed by atoms with Crippen molar-refractivity contribution in [3.8, 4) is 0 Å². The molecular weight excluding hydrogens is 330 g/mol. The van der Waals surface area contributed by atoms with Gasteiger partial charge in [0.2, 0.25) is 5.95 Å². The molecule has 1 saturated carbocycles. The van der Waals surface area contributed by atoms with E-state index in [1.807, 2.05) is 0 Å². The van der Waals surface area contributed by atoms with Crippen LogP contribution in [0.15, 0.2) is 0 Å². The van der Waals surface area contributed by atoms with Gasteiger partial charge in [0.1, 0.15) is 12.4 Å². The Morgan fingerprint density at radius 3 is 2.58 bits per heavy atom. The van der Waals surface area contributed by atoms with Crippen molar-refractivity contribution in [2.24, 2.45) is 18.9 Å². The van der Waals surface area contributed by atoms with Gasteiger partial charge in [-0.1, -0.05) is 20.8 Å². The van der Waals surface area contributed by atoms with E-state index in [1.54, 1.807) is 7.11 Å². The fourth-order valence-corrected chi connectivity index (χ4v) is 4.19. The number of ether oxygens (including phenoxy) is 1. The Morgan fingerprint density at radius 2 is 1.96 bits per heavy atom. The van der Waals surface area contributed by atoms with Crippen LogP contribution in [0.3, 0.4) is 0 Å². The highest BCUT2D eigenvalue weighted by atomic mass is 16.5. The summed E-state index contributed by atoms with van der Waals surface area (Å²) in [6, 6.07) is 0. The Kier molecular flexibility index (Phi) is 4.25. The molecule has 4 rings (SSSR count). The van der Waals surface area contributed by atoms with E-state index in [0.717, 1.165) is 42.4 Å². The Labute approximate surface area is 154 Å². The van der Waals surface area contributed by atoms with Gasteiger partial charge in [0.25, 0.3) is 0 Å². The summed E-state index contributed by atoms with van der Waals surface area (Å²) in [5.41, 5.74) is -0.0200. The van der Waals surface area contributed by atoms with Crippen LogP contribution in [0.25, 0.3) is 0 Å². The van der Waals surface area contributed by atoms with E-state index >= 15 is 0 Å². The Hall–Kier alpha value is -1.96. The SMILES string of the molecule is COCc1nc([C@H]2CN(c3nnc(C(C)(C)C)n3C)C[C@@H]2C2CC2)n[nH]1. The zero-order chi connectivity index (χ0) is 18.5.